The Morgan fingerprint density at radius 1 is 0.949 bits per heavy atom. The van der Waals surface area contributed by atoms with Crippen molar-refractivity contribution in [3.8, 4) is 17.1 Å². The molecular formula is C23H19F7N6O3. The molecule has 0 radical (unpaired) electrons. The monoisotopic (exact) mass is 560 g/mol. The molecule has 4 aromatic rings. The summed E-state index contributed by atoms with van der Waals surface area (Å²) in [6.45, 7) is 2.53. The summed E-state index contributed by atoms with van der Waals surface area (Å²) in [5, 5.41) is 13.3. The lowest BCUT2D eigenvalue weighted by Crippen LogP contribution is -2.22. The van der Waals surface area contributed by atoms with Crippen LogP contribution in [0.3, 0.4) is 0 Å². The Hall–Kier alpha value is -4.37. The first-order valence-electron chi connectivity index (χ1n) is 11.2. The molecule has 0 atom stereocenters. The van der Waals surface area contributed by atoms with Gasteiger partial charge in [-0.2, -0.15) is 31.4 Å². The van der Waals surface area contributed by atoms with Crippen LogP contribution in [0.15, 0.2) is 46.6 Å². The Balaban J connectivity index is 0.000000293. The number of fused-ring (bicyclic) bond motifs is 1. The van der Waals surface area contributed by atoms with Crippen LogP contribution in [-0.4, -0.2) is 34.8 Å². The van der Waals surface area contributed by atoms with Crippen LogP contribution in [0.2, 0.25) is 0 Å². The summed E-state index contributed by atoms with van der Waals surface area (Å²) >= 11 is 0. The van der Waals surface area contributed by atoms with Gasteiger partial charge in [0.05, 0.1) is 34.6 Å². The molecule has 1 aromatic carbocycles. The molecule has 0 aliphatic heterocycles. The van der Waals surface area contributed by atoms with Crippen molar-refractivity contribution in [2.75, 3.05) is 0 Å². The van der Waals surface area contributed by atoms with E-state index in [9.17, 15) is 40.3 Å². The van der Waals surface area contributed by atoms with Gasteiger partial charge in [-0.05, 0) is 18.6 Å². The zero-order valence-electron chi connectivity index (χ0n) is 19.9. The molecule has 3 heterocycles. The van der Waals surface area contributed by atoms with Gasteiger partial charge in [0.2, 0.25) is 0 Å². The number of aryl methyl sites for hydroxylation is 1. The van der Waals surface area contributed by atoms with Gasteiger partial charge in [-0.15, -0.1) is 0 Å². The van der Waals surface area contributed by atoms with E-state index in [1.165, 1.54) is 17.0 Å². The highest BCUT2D eigenvalue weighted by molar-refractivity contribution is 5.82. The van der Waals surface area contributed by atoms with E-state index in [1.807, 2.05) is 6.92 Å². The summed E-state index contributed by atoms with van der Waals surface area (Å²) < 4.78 is 89.4. The van der Waals surface area contributed by atoms with Crippen molar-refractivity contribution in [2.45, 2.75) is 45.1 Å². The average molecular weight is 560 g/mol. The second kappa shape index (κ2) is 11.6. The summed E-state index contributed by atoms with van der Waals surface area (Å²) in [6, 6.07) is 2.29. The van der Waals surface area contributed by atoms with E-state index in [4.69, 9.17) is 5.11 Å². The van der Waals surface area contributed by atoms with Crippen molar-refractivity contribution in [3.05, 3.63) is 74.7 Å². The molecule has 2 N–H and O–H groups in total. The number of benzene rings is 1. The van der Waals surface area contributed by atoms with E-state index < -0.39 is 40.6 Å². The highest BCUT2D eigenvalue weighted by Gasteiger charge is 2.37. The van der Waals surface area contributed by atoms with Crippen LogP contribution in [0.4, 0.5) is 30.7 Å². The average Bonchev–Trinajstić information content (AvgIpc) is 2.85. The van der Waals surface area contributed by atoms with Crippen LogP contribution in [-0.2, 0) is 18.9 Å². The van der Waals surface area contributed by atoms with E-state index in [1.54, 1.807) is 5.10 Å². The maximum absolute atomic E-state index is 14.5. The molecule has 0 aliphatic carbocycles. The van der Waals surface area contributed by atoms with E-state index in [0.29, 0.717) is 25.1 Å². The molecule has 4 rings (SSSR count). The molecule has 16 heteroatoms. The molecular weight excluding hydrogens is 541 g/mol. The molecule has 0 bridgehead atoms. The van der Waals surface area contributed by atoms with Gasteiger partial charge in [0.1, 0.15) is 5.82 Å². The Labute approximate surface area is 214 Å². The third-order valence-electron chi connectivity index (χ3n) is 5.26. The topological polar surface area (TPSA) is 127 Å². The van der Waals surface area contributed by atoms with Gasteiger partial charge < -0.3 is 5.11 Å². The lowest BCUT2D eigenvalue weighted by atomic mass is 10.1. The van der Waals surface area contributed by atoms with Crippen LogP contribution < -0.4 is 11.1 Å². The second-order valence-corrected chi connectivity index (χ2v) is 8.05. The van der Waals surface area contributed by atoms with Gasteiger partial charge in [0.25, 0.3) is 11.1 Å². The zero-order chi connectivity index (χ0) is 29.0. The fraction of sp³-hybridized carbons (Fsp3) is 0.304. The number of nitrogens with one attached hydrogen (secondary N) is 1. The first-order chi connectivity index (χ1) is 18.2. The number of rotatable bonds is 5. The van der Waals surface area contributed by atoms with Crippen LogP contribution in [0.25, 0.3) is 22.3 Å². The largest absolute Gasteiger partial charge is 0.505 e. The van der Waals surface area contributed by atoms with E-state index in [-0.39, 0.29) is 27.9 Å². The van der Waals surface area contributed by atoms with Crippen molar-refractivity contribution in [2.24, 2.45) is 0 Å². The van der Waals surface area contributed by atoms with Gasteiger partial charge in [-0.1, -0.05) is 19.8 Å². The van der Waals surface area contributed by atoms with Crippen LogP contribution in [0, 0.1) is 5.82 Å². The molecule has 0 aliphatic rings. The highest BCUT2D eigenvalue weighted by Crippen LogP contribution is 2.32. The molecule has 3 aromatic heterocycles. The molecule has 0 saturated carbocycles. The van der Waals surface area contributed by atoms with Crippen LogP contribution >= 0.6 is 0 Å². The first-order valence-corrected chi connectivity index (χ1v) is 11.2. The molecule has 0 unspecified atom stereocenters. The third kappa shape index (κ3) is 6.94. The molecule has 208 valence electrons. The van der Waals surface area contributed by atoms with Gasteiger partial charge in [0.15, 0.2) is 17.1 Å². The molecule has 39 heavy (non-hydrogen) atoms. The lowest BCUT2D eigenvalue weighted by Gasteiger charge is -2.09. The predicted molar refractivity (Wildman–Crippen MR) is 123 cm³/mol. The summed E-state index contributed by atoms with van der Waals surface area (Å²) in [6.07, 6.45) is -3.59. The molecule has 9 nitrogen and oxygen atoms in total. The number of aromatic hydroxyl groups is 1. The smallest absolute Gasteiger partial charge is 0.425 e. The second-order valence-electron chi connectivity index (χ2n) is 8.05. The third-order valence-corrected chi connectivity index (χ3v) is 5.26. The SMILES string of the molecule is CCCCCn1cnc2cc(-c3ncc(C(F)(F)F)cn3)c(F)cc2c1=O.O=c1[nH]ncc(O)c1C(F)(F)F. The maximum atomic E-state index is 14.5. The summed E-state index contributed by atoms with van der Waals surface area (Å²) in [7, 11) is 0. The number of unbranched alkanes of at least 4 members (excludes halogenated alkanes) is 2. The maximum Gasteiger partial charge on any atom is 0.425 e. The summed E-state index contributed by atoms with van der Waals surface area (Å²) in [5.41, 5.74) is -4.37. The minimum absolute atomic E-state index is 0.0992. The number of hydrogen-bond acceptors (Lipinski definition) is 7. The normalized spacial score (nSPS) is 11.8. The molecule has 0 saturated heterocycles. The highest BCUT2D eigenvalue weighted by atomic mass is 19.4. The van der Waals surface area contributed by atoms with Crippen LogP contribution in [0.1, 0.15) is 37.3 Å². The van der Waals surface area contributed by atoms with E-state index >= 15 is 0 Å². The molecule has 0 spiro atoms. The first kappa shape index (κ1) is 29.2. The minimum Gasteiger partial charge on any atom is -0.505 e. The van der Waals surface area contributed by atoms with Gasteiger partial charge >= 0.3 is 12.4 Å². The van der Waals surface area contributed by atoms with Crippen LogP contribution in [0.5, 0.6) is 5.75 Å². The van der Waals surface area contributed by atoms with Crippen molar-refractivity contribution in [1.29, 1.82) is 0 Å². The number of aromatic amines is 1. The van der Waals surface area contributed by atoms with Crippen molar-refractivity contribution in [1.82, 2.24) is 29.7 Å². The zero-order valence-corrected chi connectivity index (χ0v) is 19.9. The summed E-state index contributed by atoms with van der Waals surface area (Å²) in [4.78, 5) is 34.3. The fourth-order valence-electron chi connectivity index (χ4n) is 3.32. The number of H-pyrrole nitrogens is 1. The number of halogens is 7. The standard InChI is InChI=1S/C18H16F4N4O.C5H3F3N2O2/c1-2-3-4-5-26-10-25-15-7-12(14(19)6-13(15)17(26)27)16-23-8-11(9-24-16)18(20,21)22;6-5(7,8)3-2(11)1-9-10-4(3)12/h6-10H,2-5H2,1H3;1H,(H2,10,11,12). The number of alkyl halides is 6. The number of nitrogens with zero attached hydrogens (tertiary/aromatic N) is 5. The van der Waals surface area contributed by atoms with Gasteiger partial charge in [0, 0.05) is 18.9 Å². The lowest BCUT2D eigenvalue weighted by molar-refractivity contribution is -0.140. The Morgan fingerprint density at radius 2 is 1.62 bits per heavy atom. The number of aromatic nitrogens is 6. The minimum atomic E-state index is -4.86. The fourth-order valence-corrected chi connectivity index (χ4v) is 3.32. The molecule has 0 fully saturated rings. The van der Waals surface area contributed by atoms with E-state index in [2.05, 4.69) is 20.1 Å². The summed E-state index contributed by atoms with van der Waals surface area (Å²) in [5.74, 6) is -2.19. The quantitative estimate of drug-likeness (QED) is 0.268. The Kier molecular flexibility index (Phi) is 8.66. The molecule has 0 amide bonds. The van der Waals surface area contributed by atoms with Gasteiger partial charge in [-0.3, -0.25) is 14.2 Å². The van der Waals surface area contributed by atoms with Crippen molar-refractivity contribution < 1.29 is 35.8 Å². The number of hydrogen-bond donors (Lipinski definition) is 2. The Bertz CT molecular complexity index is 1560. The van der Waals surface area contributed by atoms with E-state index in [0.717, 1.165) is 25.3 Å². The predicted octanol–water partition coefficient (Wildman–Crippen LogP) is 4.70. The van der Waals surface area contributed by atoms with Crippen molar-refractivity contribution >= 4 is 10.9 Å². The van der Waals surface area contributed by atoms with Gasteiger partial charge in [-0.25, -0.2) is 24.4 Å². The van der Waals surface area contributed by atoms with Crippen molar-refractivity contribution in [3.63, 3.8) is 0 Å². The Morgan fingerprint density at radius 3 is 2.15 bits per heavy atom.